The molecule has 0 bridgehead atoms. The first kappa shape index (κ1) is 16.9. The van der Waals surface area contributed by atoms with Gasteiger partial charge in [0, 0.05) is 37.4 Å². The number of rotatable bonds is 5. The molecule has 0 spiro atoms. The maximum absolute atomic E-state index is 12.7. The highest BCUT2D eigenvalue weighted by Gasteiger charge is 2.24. The standard InChI is InChI=1S/C17H25N5O2/c1-12(2)15(21-6-8-24-9-7-21)11-18-17(23)14-10-13(3)20-16-4-5-19-22(14)16/h4-5,10,12,15H,6-9,11H2,1-3H3,(H,18,23)/t15-/m1/s1. The Morgan fingerprint density at radius 2 is 2.12 bits per heavy atom. The van der Waals surface area contributed by atoms with Gasteiger partial charge in [-0.2, -0.15) is 5.10 Å². The fourth-order valence-electron chi connectivity index (χ4n) is 3.18. The van der Waals surface area contributed by atoms with Crippen molar-refractivity contribution in [3.05, 3.63) is 29.7 Å². The second-order valence-electron chi connectivity index (χ2n) is 6.55. The summed E-state index contributed by atoms with van der Waals surface area (Å²) in [5.74, 6) is 0.334. The van der Waals surface area contributed by atoms with Crippen LogP contribution in [0.3, 0.4) is 0 Å². The molecule has 1 aliphatic heterocycles. The monoisotopic (exact) mass is 331 g/mol. The van der Waals surface area contributed by atoms with Crippen molar-refractivity contribution >= 4 is 11.6 Å². The van der Waals surface area contributed by atoms with Crippen molar-refractivity contribution in [1.29, 1.82) is 0 Å². The smallest absolute Gasteiger partial charge is 0.270 e. The van der Waals surface area contributed by atoms with Gasteiger partial charge in [-0.3, -0.25) is 9.69 Å². The van der Waals surface area contributed by atoms with Crippen molar-refractivity contribution < 1.29 is 9.53 Å². The lowest BCUT2D eigenvalue weighted by molar-refractivity contribution is 0.00671. The lowest BCUT2D eigenvalue weighted by Gasteiger charge is -2.36. The summed E-state index contributed by atoms with van der Waals surface area (Å²) in [4.78, 5) is 19.4. The molecule has 1 amide bonds. The largest absolute Gasteiger partial charge is 0.379 e. The molecule has 1 saturated heterocycles. The molecule has 7 nitrogen and oxygen atoms in total. The Bertz CT molecular complexity index is 706. The zero-order valence-corrected chi connectivity index (χ0v) is 14.5. The minimum atomic E-state index is -0.117. The quantitative estimate of drug-likeness (QED) is 0.889. The second-order valence-corrected chi connectivity index (χ2v) is 6.55. The molecule has 0 saturated carbocycles. The normalized spacial score (nSPS) is 17.3. The molecule has 1 N–H and O–H groups in total. The van der Waals surface area contributed by atoms with Gasteiger partial charge in [-0.05, 0) is 18.9 Å². The fourth-order valence-corrected chi connectivity index (χ4v) is 3.18. The molecular weight excluding hydrogens is 306 g/mol. The second kappa shape index (κ2) is 7.27. The summed E-state index contributed by atoms with van der Waals surface area (Å²) < 4.78 is 7.01. The number of nitrogens with one attached hydrogen (secondary N) is 1. The Balaban J connectivity index is 1.72. The van der Waals surface area contributed by atoms with Crippen LogP contribution >= 0.6 is 0 Å². The average Bonchev–Trinajstić information content (AvgIpc) is 3.03. The highest BCUT2D eigenvalue weighted by atomic mass is 16.5. The van der Waals surface area contributed by atoms with E-state index in [-0.39, 0.29) is 5.91 Å². The zero-order valence-electron chi connectivity index (χ0n) is 14.5. The van der Waals surface area contributed by atoms with Gasteiger partial charge < -0.3 is 10.1 Å². The molecule has 7 heteroatoms. The van der Waals surface area contributed by atoms with Gasteiger partial charge in [-0.1, -0.05) is 13.8 Å². The van der Waals surface area contributed by atoms with E-state index in [0.717, 1.165) is 32.0 Å². The van der Waals surface area contributed by atoms with Crippen LogP contribution in [0.4, 0.5) is 0 Å². The Labute approximate surface area is 142 Å². The number of nitrogens with zero attached hydrogens (tertiary/aromatic N) is 4. The Morgan fingerprint density at radius 1 is 1.38 bits per heavy atom. The number of amides is 1. The van der Waals surface area contributed by atoms with E-state index < -0.39 is 0 Å². The van der Waals surface area contributed by atoms with E-state index in [4.69, 9.17) is 4.74 Å². The summed E-state index contributed by atoms with van der Waals surface area (Å²) in [6, 6.07) is 3.87. The van der Waals surface area contributed by atoms with Crippen molar-refractivity contribution in [3.8, 4) is 0 Å². The van der Waals surface area contributed by atoms with Crippen molar-refractivity contribution in [1.82, 2.24) is 24.8 Å². The van der Waals surface area contributed by atoms with Crippen molar-refractivity contribution in [3.63, 3.8) is 0 Å². The third-order valence-corrected chi connectivity index (χ3v) is 4.48. The molecular formula is C17H25N5O2. The Morgan fingerprint density at radius 3 is 2.83 bits per heavy atom. The van der Waals surface area contributed by atoms with Gasteiger partial charge in [0.1, 0.15) is 5.69 Å². The van der Waals surface area contributed by atoms with E-state index in [9.17, 15) is 4.79 Å². The first-order valence-corrected chi connectivity index (χ1v) is 8.47. The number of carbonyl (C=O) groups excluding carboxylic acids is 1. The molecule has 0 radical (unpaired) electrons. The van der Waals surface area contributed by atoms with Crippen LogP contribution < -0.4 is 5.32 Å². The summed E-state index contributed by atoms with van der Waals surface area (Å²) in [6.07, 6.45) is 1.66. The van der Waals surface area contributed by atoms with E-state index in [1.54, 1.807) is 22.8 Å². The van der Waals surface area contributed by atoms with Gasteiger partial charge in [0.2, 0.25) is 0 Å². The summed E-state index contributed by atoms with van der Waals surface area (Å²) in [5, 5.41) is 7.28. The summed E-state index contributed by atoms with van der Waals surface area (Å²) in [5.41, 5.74) is 2.02. The molecule has 3 heterocycles. The number of carbonyl (C=O) groups is 1. The summed E-state index contributed by atoms with van der Waals surface area (Å²) >= 11 is 0. The van der Waals surface area contributed by atoms with E-state index in [1.807, 2.05) is 6.92 Å². The number of ether oxygens (including phenoxy) is 1. The first-order valence-electron chi connectivity index (χ1n) is 8.47. The fraction of sp³-hybridized carbons (Fsp3) is 0.588. The lowest BCUT2D eigenvalue weighted by Crippen LogP contribution is -2.51. The minimum Gasteiger partial charge on any atom is -0.379 e. The molecule has 2 aromatic rings. The van der Waals surface area contributed by atoms with E-state index in [0.29, 0.717) is 29.8 Å². The molecule has 0 unspecified atom stereocenters. The third-order valence-electron chi connectivity index (χ3n) is 4.48. The Kier molecular flexibility index (Phi) is 5.11. The summed E-state index contributed by atoms with van der Waals surface area (Å²) in [7, 11) is 0. The van der Waals surface area contributed by atoms with Crippen molar-refractivity contribution in [2.24, 2.45) is 5.92 Å². The van der Waals surface area contributed by atoms with Crippen LogP contribution in [0.2, 0.25) is 0 Å². The molecule has 3 rings (SSSR count). The van der Waals surface area contributed by atoms with E-state index in [2.05, 4.69) is 34.1 Å². The maximum Gasteiger partial charge on any atom is 0.270 e. The number of aromatic nitrogens is 3. The number of hydrogen-bond donors (Lipinski definition) is 1. The maximum atomic E-state index is 12.7. The number of hydrogen-bond acceptors (Lipinski definition) is 5. The van der Waals surface area contributed by atoms with Crippen LogP contribution in [0.1, 0.15) is 30.0 Å². The van der Waals surface area contributed by atoms with E-state index in [1.165, 1.54) is 0 Å². The van der Waals surface area contributed by atoms with E-state index >= 15 is 0 Å². The molecule has 1 atom stereocenters. The van der Waals surface area contributed by atoms with Crippen LogP contribution in [0.5, 0.6) is 0 Å². The topological polar surface area (TPSA) is 71.8 Å². The highest BCUT2D eigenvalue weighted by Crippen LogP contribution is 2.13. The van der Waals surface area contributed by atoms with Crippen LogP contribution in [-0.4, -0.2) is 64.3 Å². The van der Waals surface area contributed by atoms with Gasteiger partial charge in [0.05, 0.1) is 19.4 Å². The summed E-state index contributed by atoms with van der Waals surface area (Å²) in [6.45, 7) is 10.2. The number of aryl methyl sites for hydroxylation is 1. The minimum absolute atomic E-state index is 0.117. The molecule has 1 aliphatic rings. The average molecular weight is 331 g/mol. The number of fused-ring (bicyclic) bond motifs is 1. The van der Waals surface area contributed by atoms with Gasteiger partial charge in [0.15, 0.2) is 5.65 Å². The van der Waals surface area contributed by atoms with Gasteiger partial charge >= 0.3 is 0 Å². The molecule has 130 valence electrons. The zero-order chi connectivity index (χ0) is 17.1. The van der Waals surface area contributed by atoms with Crippen LogP contribution in [0.25, 0.3) is 5.65 Å². The highest BCUT2D eigenvalue weighted by molar-refractivity contribution is 5.93. The van der Waals surface area contributed by atoms with Crippen molar-refractivity contribution in [2.45, 2.75) is 26.8 Å². The molecule has 1 fully saturated rings. The molecule has 0 aromatic carbocycles. The SMILES string of the molecule is Cc1cc(C(=O)NC[C@H](C(C)C)N2CCOCC2)n2nccc2n1. The van der Waals surface area contributed by atoms with Gasteiger partial charge in [-0.15, -0.1) is 0 Å². The van der Waals surface area contributed by atoms with Gasteiger partial charge in [0.25, 0.3) is 5.91 Å². The van der Waals surface area contributed by atoms with Crippen LogP contribution in [0.15, 0.2) is 18.3 Å². The predicted octanol–water partition coefficient (Wildman–Crippen LogP) is 1.12. The van der Waals surface area contributed by atoms with Gasteiger partial charge in [-0.25, -0.2) is 9.50 Å². The molecule has 0 aliphatic carbocycles. The third kappa shape index (κ3) is 3.57. The van der Waals surface area contributed by atoms with Crippen LogP contribution in [0, 0.1) is 12.8 Å². The lowest BCUT2D eigenvalue weighted by atomic mass is 10.0. The number of morpholine rings is 1. The van der Waals surface area contributed by atoms with Crippen LogP contribution in [-0.2, 0) is 4.74 Å². The van der Waals surface area contributed by atoms with Crippen molar-refractivity contribution in [2.75, 3.05) is 32.8 Å². The first-order chi connectivity index (χ1) is 11.6. The Hall–Kier alpha value is -1.99. The molecule has 24 heavy (non-hydrogen) atoms. The predicted molar refractivity (Wildman–Crippen MR) is 91.1 cm³/mol. The molecule has 2 aromatic heterocycles.